The molecule has 0 amide bonds. The lowest BCUT2D eigenvalue weighted by Crippen LogP contribution is -2.21. The SMILES string of the molecule is CC(C)(C)C(=O)c1ccc(F)cc1N. The molecule has 0 heterocycles. The molecule has 0 aliphatic carbocycles. The van der Waals surface area contributed by atoms with E-state index in [-0.39, 0.29) is 11.5 Å². The van der Waals surface area contributed by atoms with Gasteiger partial charge in [-0.05, 0) is 18.2 Å². The molecule has 3 heteroatoms. The first kappa shape index (κ1) is 10.7. The molecule has 1 aromatic carbocycles. The summed E-state index contributed by atoms with van der Waals surface area (Å²) in [6, 6.07) is 3.84. The molecular formula is C11H14FNO. The summed E-state index contributed by atoms with van der Waals surface area (Å²) >= 11 is 0. The molecule has 0 radical (unpaired) electrons. The number of benzene rings is 1. The van der Waals surface area contributed by atoms with E-state index in [0.29, 0.717) is 5.56 Å². The monoisotopic (exact) mass is 195 g/mol. The van der Waals surface area contributed by atoms with Crippen LogP contribution in [0.3, 0.4) is 0 Å². The van der Waals surface area contributed by atoms with Gasteiger partial charge in [-0.1, -0.05) is 20.8 Å². The van der Waals surface area contributed by atoms with Crippen LogP contribution in [0.1, 0.15) is 31.1 Å². The molecular weight excluding hydrogens is 181 g/mol. The minimum absolute atomic E-state index is 0.0741. The molecule has 1 rings (SSSR count). The first-order valence-corrected chi connectivity index (χ1v) is 4.42. The van der Waals surface area contributed by atoms with E-state index in [4.69, 9.17) is 5.73 Å². The van der Waals surface area contributed by atoms with Crippen molar-refractivity contribution < 1.29 is 9.18 Å². The Hall–Kier alpha value is -1.38. The van der Waals surface area contributed by atoms with Gasteiger partial charge in [0.15, 0.2) is 5.78 Å². The van der Waals surface area contributed by atoms with E-state index in [1.807, 2.05) is 0 Å². The summed E-state index contributed by atoms with van der Waals surface area (Å²) in [7, 11) is 0. The normalized spacial score (nSPS) is 11.4. The van der Waals surface area contributed by atoms with Gasteiger partial charge in [-0.3, -0.25) is 4.79 Å². The van der Waals surface area contributed by atoms with Gasteiger partial charge in [0.1, 0.15) is 5.82 Å². The molecule has 14 heavy (non-hydrogen) atoms. The number of hydrogen-bond donors (Lipinski definition) is 1. The van der Waals surface area contributed by atoms with Crippen molar-refractivity contribution in [3.05, 3.63) is 29.6 Å². The van der Waals surface area contributed by atoms with Crippen molar-refractivity contribution in [2.45, 2.75) is 20.8 Å². The minimum Gasteiger partial charge on any atom is -0.398 e. The Labute approximate surface area is 82.9 Å². The fraction of sp³-hybridized carbons (Fsp3) is 0.364. The number of nitrogens with two attached hydrogens (primary N) is 1. The highest BCUT2D eigenvalue weighted by Gasteiger charge is 2.24. The third kappa shape index (κ3) is 2.10. The maximum absolute atomic E-state index is 12.7. The molecule has 0 saturated heterocycles. The smallest absolute Gasteiger partial charge is 0.170 e. The highest BCUT2D eigenvalue weighted by molar-refractivity contribution is 6.03. The van der Waals surface area contributed by atoms with Gasteiger partial charge in [0.05, 0.1) is 0 Å². The van der Waals surface area contributed by atoms with Crippen molar-refractivity contribution in [2.24, 2.45) is 5.41 Å². The van der Waals surface area contributed by atoms with Crippen molar-refractivity contribution in [1.82, 2.24) is 0 Å². The maximum atomic E-state index is 12.7. The fourth-order valence-electron chi connectivity index (χ4n) is 1.14. The summed E-state index contributed by atoms with van der Waals surface area (Å²) in [5, 5.41) is 0. The molecule has 0 fully saturated rings. The largest absolute Gasteiger partial charge is 0.398 e. The van der Waals surface area contributed by atoms with E-state index in [9.17, 15) is 9.18 Å². The van der Waals surface area contributed by atoms with Crippen LogP contribution in [0.25, 0.3) is 0 Å². The molecule has 0 bridgehead atoms. The Morgan fingerprint density at radius 3 is 2.36 bits per heavy atom. The Balaban J connectivity index is 3.15. The Bertz CT molecular complexity index is 366. The molecule has 0 aliphatic heterocycles. The summed E-state index contributed by atoms with van der Waals surface area (Å²) in [4.78, 5) is 11.8. The lowest BCUT2D eigenvalue weighted by atomic mass is 9.86. The zero-order chi connectivity index (χ0) is 10.9. The van der Waals surface area contributed by atoms with Crippen LogP contribution in [-0.4, -0.2) is 5.78 Å². The Kier molecular flexibility index (Phi) is 2.60. The number of halogens is 1. The van der Waals surface area contributed by atoms with Crippen LogP contribution in [0.2, 0.25) is 0 Å². The second-order valence-electron chi connectivity index (χ2n) is 4.31. The van der Waals surface area contributed by atoms with Gasteiger partial charge < -0.3 is 5.73 Å². The zero-order valence-corrected chi connectivity index (χ0v) is 8.60. The zero-order valence-electron chi connectivity index (χ0n) is 8.60. The fourth-order valence-corrected chi connectivity index (χ4v) is 1.14. The summed E-state index contributed by atoms with van der Waals surface area (Å²) in [6.45, 7) is 5.41. The summed E-state index contributed by atoms with van der Waals surface area (Å²) in [5.41, 5.74) is 5.65. The van der Waals surface area contributed by atoms with Crippen LogP contribution in [0.5, 0.6) is 0 Å². The number of rotatable bonds is 1. The first-order chi connectivity index (χ1) is 6.32. The van der Waals surface area contributed by atoms with Crippen LogP contribution >= 0.6 is 0 Å². The molecule has 0 unspecified atom stereocenters. The number of ketones is 1. The predicted molar refractivity (Wildman–Crippen MR) is 54.6 cm³/mol. The van der Waals surface area contributed by atoms with Crippen molar-refractivity contribution in [1.29, 1.82) is 0 Å². The number of carbonyl (C=O) groups excluding carboxylic acids is 1. The average Bonchev–Trinajstić information content (AvgIpc) is 2.01. The van der Waals surface area contributed by atoms with E-state index in [1.54, 1.807) is 20.8 Å². The predicted octanol–water partition coefficient (Wildman–Crippen LogP) is 2.64. The molecule has 0 saturated carbocycles. The summed E-state index contributed by atoms with van der Waals surface area (Å²) in [6.07, 6.45) is 0. The number of carbonyl (C=O) groups is 1. The highest BCUT2D eigenvalue weighted by Crippen LogP contribution is 2.24. The lowest BCUT2D eigenvalue weighted by molar-refractivity contribution is 0.0859. The van der Waals surface area contributed by atoms with E-state index in [1.165, 1.54) is 18.2 Å². The molecule has 0 atom stereocenters. The maximum Gasteiger partial charge on any atom is 0.170 e. The molecule has 0 aliphatic rings. The van der Waals surface area contributed by atoms with Gasteiger partial charge in [0, 0.05) is 16.7 Å². The van der Waals surface area contributed by atoms with Gasteiger partial charge in [0.25, 0.3) is 0 Å². The number of anilines is 1. The van der Waals surface area contributed by atoms with E-state index < -0.39 is 11.2 Å². The quantitative estimate of drug-likeness (QED) is 0.553. The van der Waals surface area contributed by atoms with Crippen LogP contribution < -0.4 is 5.73 Å². The lowest BCUT2D eigenvalue weighted by Gasteiger charge is -2.17. The van der Waals surface area contributed by atoms with Crippen LogP contribution in [0.15, 0.2) is 18.2 Å². The molecule has 1 aromatic rings. The summed E-state index contributed by atoms with van der Waals surface area (Å²) in [5.74, 6) is -0.497. The van der Waals surface area contributed by atoms with Crippen molar-refractivity contribution in [2.75, 3.05) is 5.73 Å². The molecule has 76 valence electrons. The molecule has 2 nitrogen and oxygen atoms in total. The van der Waals surface area contributed by atoms with Gasteiger partial charge in [-0.15, -0.1) is 0 Å². The standard InChI is InChI=1S/C11H14FNO/c1-11(2,3)10(14)8-5-4-7(12)6-9(8)13/h4-6H,13H2,1-3H3. The van der Waals surface area contributed by atoms with Gasteiger partial charge in [-0.2, -0.15) is 0 Å². The summed E-state index contributed by atoms with van der Waals surface area (Å²) < 4.78 is 12.7. The topological polar surface area (TPSA) is 43.1 Å². The average molecular weight is 195 g/mol. The number of nitrogen functional groups attached to an aromatic ring is 1. The number of hydrogen-bond acceptors (Lipinski definition) is 2. The molecule has 0 spiro atoms. The van der Waals surface area contributed by atoms with Gasteiger partial charge in [0.2, 0.25) is 0 Å². The third-order valence-corrected chi connectivity index (χ3v) is 1.94. The minimum atomic E-state index is -0.494. The Morgan fingerprint density at radius 2 is 1.93 bits per heavy atom. The van der Waals surface area contributed by atoms with E-state index in [0.717, 1.165) is 0 Å². The third-order valence-electron chi connectivity index (χ3n) is 1.94. The van der Waals surface area contributed by atoms with Crippen LogP contribution in [0, 0.1) is 11.2 Å². The van der Waals surface area contributed by atoms with Crippen LogP contribution in [0.4, 0.5) is 10.1 Å². The first-order valence-electron chi connectivity index (χ1n) is 4.42. The van der Waals surface area contributed by atoms with E-state index >= 15 is 0 Å². The second-order valence-corrected chi connectivity index (χ2v) is 4.31. The number of Topliss-reactive ketones (excluding diaryl/α,β-unsaturated/α-hetero) is 1. The highest BCUT2D eigenvalue weighted by atomic mass is 19.1. The Morgan fingerprint density at radius 1 is 1.36 bits per heavy atom. The van der Waals surface area contributed by atoms with Gasteiger partial charge >= 0.3 is 0 Å². The van der Waals surface area contributed by atoms with Gasteiger partial charge in [-0.25, -0.2) is 4.39 Å². The van der Waals surface area contributed by atoms with E-state index in [2.05, 4.69) is 0 Å². The van der Waals surface area contributed by atoms with Crippen molar-refractivity contribution >= 4 is 11.5 Å². The molecule has 0 aromatic heterocycles. The van der Waals surface area contributed by atoms with Crippen LogP contribution in [-0.2, 0) is 0 Å². The molecule has 2 N–H and O–H groups in total. The second kappa shape index (κ2) is 3.40. The van der Waals surface area contributed by atoms with Crippen molar-refractivity contribution in [3.8, 4) is 0 Å². The van der Waals surface area contributed by atoms with Crippen molar-refractivity contribution in [3.63, 3.8) is 0 Å².